The van der Waals surface area contributed by atoms with Gasteiger partial charge in [-0.3, -0.25) is 0 Å². The number of hydrogen-bond donors (Lipinski definition) is 2. The molecule has 0 spiro atoms. The summed E-state index contributed by atoms with van der Waals surface area (Å²) in [6.45, 7) is 6.88. The summed E-state index contributed by atoms with van der Waals surface area (Å²) in [5, 5.41) is 3.47. The molecule has 0 saturated heterocycles. The fraction of sp³-hybridized carbons (Fsp3) is 0.833. The van der Waals surface area contributed by atoms with Crippen LogP contribution in [0.25, 0.3) is 0 Å². The number of nitrogens with one attached hydrogen (secondary N) is 1. The summed E-state index contributed by atoms with van der Waals surface area (Å²) < 4.78 is 0. The van der Waals surface area contributed by atoms with Crippen LogP contribution in [0.1, 0.15) is 19.8 Å². The summed E-state index contributed by atoms with van der Waals surface area (Å²) >= 11 is 4.19. The van der Waals surface area contributed by atoms with E-state index in [-0.39, 0.29) is 5.37 Å². The van der Waals surface area contributed by atoms with Crippen LogP contribution in [0.2, 0.25) is 0 Å². The summed E-state index contributed by atoms with van der Waals surface area (Å²) in [6.07, 6.45) is 2.01. The van der Waals surface area contributed by atoms with Crippen LogP contribution in [-0.2, 0) is 0 Å². The van der Waals surface area contributed by atoms with Gasteiger partial charge in [0.15, 0.2) is 0 Å². The smallest absolute Gasteiger partial charge is 0.0502 e. The van der Waals surface area contributed by atoms with Crippen molar-refractivity contribution in [2.24, 2.45) is 0 Å². The van der Waals surface area contributed by atoms with Crippen molar-refractivity contribution in [2.75, 3.05) is 6.54 Å². The lowest BCUT2D eigenvalue weighted by Gasteiger charge is -2.07. The van der Waals surface area contributed by atoms with E-state index in [1.807, 2.05) is 0 Å². The molecule has 1 nitrogen and oxygen atoms in total. The van der Waals surface area contributed by atoms with Crippen LogP contribution in [-0.4, -0.2) is 11.9 Å². The quantitative estimate of drug-likeness (QED) is 0.436. The van der Waals surface area contributed by atoms with Crippen molar-refractivity contribution in [2.45, 2.75) is 25.1 Å². The van der Waals surface area contributed by atoms with E-state index in [9.17, 15) is 0 Å². The minimum absolute atomic E-state index is 0.287. The molecule has 49 valence electrons. The minimum atomic E-state index is 0.287. The molecule has 0 aliphatic carbocycles. The van der Waals surface area contributed by atoms with Gasteiger partial charge in [-0.05, 0) is 19.4 Å². The molecule has 0 amide bonds. The first-order valence-electron chi connectivity index (χ1n) is 3.02. The fourth-order valence-electron chi connectivity index (χ4n) is 0.413. The predicted molar refractivity (Wildman–Crippen MR) is 41.0 cm³/mol. The summed E-state index contributed by atoms with van der Waals surface area (Å²) in [4.78, 5) is 0. The molecule has 0 aromatic heterocycles. The number of rotatable bonds is 4. The van der Waals surface area contributed by atoms with Gasteiger partial charge in [-0.1, -0.05) is 13.8 Å². The molecule has 1 N–H and O–H groups in total. The Hall–Kier alpha value is 0.310. The van der Waals surface area contributed by atoms with Gasteiger partial charge < -0.3 is 5.32 Å². The van der Waals surface area contributed by atoms with Crippen molar-refractivity contribution >= 4 is 12.6 Å². The first-order chi connectivity index (χ1) is 3.81. The van der Waals surface area contributed by atoms with Crippen LogP contribution < -0.4 is 5.32 Å². The maximum atomic E-state index is 4.19. The largest absolute Gasteiger partial charge is 0.306 e. The topological polar surface area (TPSA) is 12.0 Å². The molecule has 0 saturated carbocycles. The van der Waals surface area contributed by atoms with E-state index in [1.54, 1.807) is 0 Å². The van der Waals surface area contributed by atoms with Gasteiger partial charge in [0, 0.05) is 0 Å². The molecule has 1 radical (unpaired) electrons. The monoisotopic (exact) mass is 132 g/mol. The predicted octanol–water partition coefficient (Wildman–Crippen LogP) is 1.47. The molecule has 1 unspecified atom stereocenters. The van der Waals surface area contributed by atoms with E-state index < -0.39 is 0 Å². The molecule has 8 heavy (non-hydrogen) atoms. The average Bonchev–Trinajstić information content (AvgIpc) is 1.83. The Bertz CT molecular complexity index is 47.8. The Balaban J connectivity index is 2.86. The van der Waals surface area contributed by atoms with Gasteiger partial charge in [-0.25, -0.2) is 0 Å². The number of thiol groups is 1. The second-order valence-electron chi connectivity index (χ2n) is 1.76. The average molecular weight is 132 g/mol. The third-order valence-corrected chi connectivity index (χ3v) is 1.34. The molecule has 0 aliphatic heterocycles. The Kier molecular flexibility index (Phi) is 5.66. The highest BCUT2D eigenvalue weighted by molar-refractivity contribution is 7.80. The first kappa shape index (κ1) is 8.31. The van der Waals surface area contributed by atoms with E-state index in [0.29, 0.717) is 0 Å². The van der Waals surface area contributed by atoms with Gasteiger partial charge in [0.1, 0.15) is 0 Å². The van der Waals surface area contributed by atoms with Crippen LogP contribution >= 0.6 is 12.6 Å². The van der Waals surface area contributed by atoms with Crippen molar-refractivity contribution in [3.63, 3.8) is 0 Å². The lowest BCUT2D eigenvalue weighted by Crippen LogP contribution is -2.23. The summed E-state index contributed by atoms with van der Waals surface area (Å²) in [6, 6.07) is 0. The second-order valence-corrected chi connectivity index (χ2v) is 2.38. The zero-order valence-corrected chi connectivity index (χ0v) is 6.25. The van der Waals surface area contributed by atoms with E-state index in [4.69, 9.17) is 0 Å². The summed E-state index contributed by atoms with van der Waals surface area (Å²) in [7, 11) is 0. The van der Waals surface area contributed by atoms with Gasteiger partial charge in [-0.2, -0.15) is 12.6 Å². The third-order valence-electron chi connectivity index (χ3n) is 0.903. The van der Waals surface area contributed by atoms with Crippen LogP contribution in [0.15, 0.2) is 0 Å². The highest BCUT2D eigenvalue weighted by atomic mass is 32.1. The zero-order valence-electron chi connectivity index (χ0n) is 5.35. The first-order valence-corrected chi connectivity index (χ1v) is 3.53. The Morgan fingerprint density at radius 2 is 2.38 bits per heavy atom. The van der Waals surface area contributed by atoms with Crippen LogP contribution in [0.3, 0.4) is 0 Å². The molecule has 0 fully saturated rings. The minimum Gasteiger partial charge on any atom is -0.306 e. The van der Waals surface area contributed by atoms with Crippen LogP contribution in [0.4, 0.5) is 0 Å². The molecule has 1 atom stereocenters. The highest BCUT2D eigenvalue weighted by Crippen LogP contribution is 1.93. The highest BCUT2D eigenvalue weighted by Gasteiger charge is 1.93. The number of hydrogen-bond acceptors (Lipinski definition) is 2. The lowest BCUT2D eigenvalue weighted by atomic mass is 10.4. The SMILES string of the molecule is [CH2]CC(S)NCCC. The molecular weight excluding hydrogens is 118 g/mol. The molecule has 0 aromatic rings. The second kappa shape index (κ2) is 5.45. The van der Waals surface area contributed by atoms with Crippen LogP contribution in [0, 0.1) is 6.92 Å². The van der Waals surface area contributed by atoms with Gasteiger partial charge in [-0.15, -0.1) is 0 Å². The molecule has 0 aromatic carbocycles. The molecule has 0 bridgehead atoms. The fourth-order valence-corrected chi connectivity index (χ4v) is 0.542. The zero-order chi connectivity index (χ0) is 6.41. The summed E-state index contributed by atoms with van der Waals surface area (Å²) in [5.74, 6) is 0. The van der Waals surface area contributed by atoms with Gasteiger partial charge >= 0.3 is 0 Å². The van der Waals surface area contributed by atoms with E-state index in [0.717, 1.165) is 19.4 Å². The van der Waals surface area contributed by atoms with Crippen molar-refractivity contribution in [1.82, 2.24) is 5.32 Å². The summed E-state index contributed by atoms with van der Waals surface area (Å²) in [5.41, 5.74) is 0. The van der Waals surface area contributed by atoms with Crippen molar-refractivity contribution in [3.05, 3.63) is 6.92 Å². The molecule has 0 heterocycles. The Morgan fingerprint density at radius 3 is 2.75 bits per heavy atom. The maximum Gasteiger partial charge on any atom is 0.0502 e. The molecule has 2 heteroatoms. The van der Waals surface area contributed by atoms with Gasteiger partial charge in [0.25, 0.3) is 0 Å². The standard InChI is InChI=1S/C6H14NS/c1-3-5-7-6(8)4-2/h6-8H,2-5H2,1H3. The van der Waals surface area contributed by atoms with Gasteiger partial charge in [0.2, 0.25) is 0 Å². The van der Waals surface area contributed by atoms with Crippen molar-refractivity contribution < 1.29 is 0 Å². The molecular formula is C6H14NS. The van der Waals surface area contributed by atoms with Crippen LogP contribution in [0.5, 0.6) is 0 Å². The van der Waals surface area contributed by atoms with E-state index in [2.05, 4.69) is 31.8 Å². The Morgan fingerprint density at radius 1 is 1.75 bits per heavy atom. The maximum absolute atomic E-state index is 4.19. The normalized spacial score (nSPS) is 13.9. The van der Waals surface area contributed by atoms with Gasteiger partial charge in [0.05, 0.1) is 5.37 Å². The van der Waals surface area contributed by atoms with E-state index in [1.165, 1.54) is 0 Å². The van der Waals surface area contributed by atoms with Crippen molar-refractivity contribution in [3.8, 4) is 0 Å². The third kappa shape index (κ3) is 4.47. The molecule has 0 rings (SSSR count). The van der Waals surface area contributed by atoms with E-state index >= 15 is 0 Å². The van der Waals surface area contributed by atoms with Crippen molar-refractivity contribution in [1.29, 1.82) is 0 Å². The lowest BCUT2D eigenvalue weighted by molar-refractivity contribution is 0.644. The Labute approximate surface area is 57.3 Å². The molecule has 0 aliphatic rings.